The summed E-state index contributed by atoms with van der Waals surface area (Å²) in [6.45, 7) is 2.04. The number of nitriles is 1. The number of thiophene rings is 1. The van der Waals surface area contributed by atoms with Gasteiger partial charge >= 0.3 is 0 Å². The third-order valence-electron chi connectivity index (χ3n) is 4.77. The van der Waals surface area contributed by atoms with Crippen LogP contribution in [0, 0.1) is 11.3 Å². The highest BCUT2D eigenvalue weighted by Crippen LogP contribution is 2.42. The predicted octanol–water partition coefficient (Wildman–Crippen LogP) is 4.41. The Kier molecular flexibility index (Phi) is 5.95. The van der Waals surface area contributed by atoms with Gasteiger partial charge in [0.25, 0.3) is 0 Å². The number of rotatable bonds is 7. The molecule has 1 aliphatic rings. The normalized spacial score (nSPS) is 16.9. The van der Waals surface area contributed by atoms with Crippen LogP contribution in [0.5, 0.6) is 11.5 Å². The molecule has 1 aromatic carbocycles. The molecule has 0 spiro atoms. The molecule has 2 aromatic rings. The summed E-state index contributed by atoms with van der Waals surface area (Å²) in [6.07, 6.45) is 3.66. The van der Waals surface area contributed by atoms with Crippen LogP contribution in [0.15, 0.2) is 29.6 Å². The van der Waals surface area contributed by atoms with Gasteiger partial charge in [0.2, 0.25) is 0 Å². The molecule has 1 aliphatic heterocycles. The molecule has 0 saturated carbocycles. The van der Waals surface area contributed by atoms with Crippen LogP contribution in [0.1, 0.15) is 41.3 Å². The first-order valence-electron chi connectivity index (χ1n) is 8.67. The summed E-state index contributed by atoms with van der Waals surface area (Å²) in [7, 11) is 3.37. The predicted molar refractivity (Wildman–Crippen MR) is 100 cm³/mol. The first kappa shape index (κ1) is 17.8. The van der Waals surface area contributed by atoms with Crippen LogP contribution >= 0.6 is 11.3 Å². The van der Waals surface area contributed by atoms with Gasteiger partial charge in [-0.1, -0.05) is 6.07 Å². The molecule has 25 heavy (non-hydrogen) atoms. The number of methoxy groups -OCH3 is 2. The van der Waals surface area contributed by atoms with Gasteiger partial charge in [0.1, 0.15) is 0 Å². The Labute approximate surface area is 153 Å². The zero-order valence-corrected chi connectivity index (χ0v) is 15.6. The number of ether oxygens (including phenoxy) is 2. The van der Waals surface area contributed by atoms with E-state index in [0.717, 1.165) is 43.9 Å². The van der Waals surface area contributed by atoms with E-state index in [2.05, 4.69) is 40.6 Å². The van der Waals surface area contributed by atoms with Gasteiger partial charge in [-0.25, -0.2) is 0 Å². The molecule has 1 atom stereocenters. The molecule has 5 heteroatoms. The Morgan fingerprint density at radius 1 is 1.24 bits per heavy atom. The highest BCUT2D eigenvalue weighted by Gasteiger charge is 2.30. The lowest BCUT2D eigenvalue weighted by Gasteiger charge is -2.37. The third-order valence-corrected chi connectivity index (χ3v) is 5.69. The Morgan fingerprint density at radius 2 is 2.04 bits per heavy atom. The maximum Gasteiger partial charge on any atom is 0.161 e. The molecule has 0 fully saturated rings. The second-order valence-corrected chi connectivity index (χ2v) is 7.20. The Balaban J connectivity index is 1.93. The van der Waals surface area contributed by atoms with Crippen molar-refractivity contribution >= 4 is 11.3 Å². The fourth-order valence-corrected chi connectivity index (χ4v) is 4.41. The van der Waals surface area contributed by atoms with E-state index in [9.17, 15) is 0 Å². The van der Waals surface area contributed by atoms with Crippen LogP contribution in [0.2, 0.25) is 0 Å². The molecule has 2 heterocycles. The van der Waals surface area contributed by atoms with E-state index < -0.39 is 0 Å². The minimum absolute atomic E-state index is 0.255. The van der Waals surface area contributed by atoms with Crippen molar-refractivity contribution in [1.82, 2.24) is 4.90 Å². The quantitative estimate of drug-likeness (QED) is 0.690. The van der Waals surface area contributed by atoms with Crippen LogP contribution < -0.4 is 9.47 Å². The Hall–Kier alpha value is -2.03. The molecule has 3 rings (SSSR count). The third kappa shape index (κ3) is 3.81. The number of hydrogen-bond acceptors (Lipinski definition) is 5. The van der Waals surface area contributed by atoms with Crippen molar-refractivity contribution in [3.63, 3.8) is 0 Å². The van der Waals surface area contributed by atoms with Crippen molar-refractivity contribution in [1.29, 1.82) is 5.26 Å². The van der Waals surface area contributed by atoms with Gasteiger partial charge in [0.05, 0.1) is 26.3 Å². The number of unbranched alkanes of at least 4 members (excludes halogenated alkanes) is 2. The summed E-state index contributed by atoms with van der Waals surface area (Å²) in [5.74, 6) is 1.59. The van der Waals surface area contributed by atoms with Gasteiger partial charge in [-0.2, -0.15) is 5.26 Å². The van der Waals surface area contributed by atoms with Crippen LogP contribution in [0.3, 0.4) is 0 Å². The van der Waals surface area contributed by atoms with Crippen molar-refractivity contribution in [3.8, 4) is 17.6 Å². The summed E-state index contributed by atoms with van der Waals surface area (Å²) in [6, 6.07) is 11.1. The summed E-state index contributed by atoms with van der Waals surface area (Å²) in [4.78, 5) is 3.89. The highest BCUT2D eigenvalue weighted by atomic mass is 32.1. The molecule has 0 saturated heterocycles. The lowest BCUT2D eigenvalue weighted by atomic mass is 9.90. The SMILES string of the molecule is COc1cc2c(cc1OC)C(c1cccs1)N(CCCCC#N)CC2. The van der Waals surface area contributed by atoms with E-state index in [4.69, 9.17) is 14.7 Å². The summed E-state index contributed by atoms with van der Waals surface area (Å²) in [5.41, 5.74) is 2.65. The minimum Gasteiger partial charge on any atom is -0.493 e. The standard InChI is InChI=1S/C20H24N2O2S/c1-23-17-13-15-8-11-22(10-5-3-4-9-21)20(19-7-6-12-25-19)16(15)14-18(17)24-2/h6-7,12-14,20H,3-5,8,10-11H2,1-2H3. The zero-order valence-electron chi connectivity index (χ0n) is 14.8. The number of benzene rings is 1. The van der Waals surface area contributed by atoms with Gasteiger partial charge in [0, 0.05) is 17.8 Å². The average molecular weight is 356 g/mol. The first-order valence-corrected chi connectivity index (χ1v) is 9.55. The van der Waals surface area contributed by atoms with Crippen molar-refractivity contribution in [3.05, 3.63) is 45.6 Å². The van der Waals surface area contributed by atoms with Crippen molar-refractivity contribution in [2.24, 2.45) is 0 Å². The van der Waals surface area contributed by atoms with E-state index in [1.807, 2.05) is 0 Å². The molecule has 132 valence electrons. The molecule has 0 aliphatic carbocycles. The van der Waals surface area contributed by atoms with Gasteiger partial charge in [-0.3, -0.25) is 4.90 Å². The van der Waals surface area contributed by atoms with E-state index in [0.29, 0.717) is 6.42 Å². The van der Waals surface area contributed by atoms with Gasteiger partial charge < -0.3 is 9.47 Å². The molecule has 0 bridgehead atoms. The summed E-state index contributed by atoms with van der Waals surface area (Å²) >= 11 is 1.80. The monoisotopic (exact) mass is 356 g/mol. The fourth-order valence-electron chi connectivity index (χ4n) is 3.54. The fraction of sp³-hybridized carbons (Fsp3) is 0.450. The Morgan fingerprint density at radius 3 is 2.72 bits per heavy atom. The van der Waals surface area contributed by atoms with E-state index in [-0.39, 0.29) is 6.04 Å². The van der Waals surface area contributed by atoms with E-state index in [1.165, 1.54) is 16.0 Å². The second kappa shape index (κ2) is 8.37. The number of nitrogens with zero attached hydrogens (tertiary/aromatic N) is 2. The Bertz CT molecular complexity index is 737. The molecule has 4 nitrogen and oxygen atoms in total. The van der Waals surface area contributed by atoms with Crippen LogP contribution in [-0.2, 0) is 6.42 Å². The first-order chi connectivity index (χ1) is 12.3. The van der Waals surface area contributed by atoms with Gasteiger partial charge in [0.15, 0.2) is 11.5 Å². The van der Waals surface area contributed by atoms with Crippen LogP contribution in [0.4, 0.5) is 0 Å². The maximum atomic E-state index is 8.75. The van der Waals surface area contributed by atoms with Crippen molar-refractivity contribution < 1.29 is 9.47 Å². The number of fused-ring (bicyclic) bond motifs is 1. The van der Waals surface area contributed by atoms with Crippen molar-refractivity contribution in [2.45, 2.75) is 31.7 Å². The zero-order chi connectivity index (χ0) is 17.6. The molecular formula is C20H24N2O2S. The highest BCUT2D eigenvalue weighted by molar-refractivity contribution is 7.10. The molecule has 0 N–H and O–H groups in total. The molecule has 0 amide bonds. The number of hydrogen-bond donors (Lipinski definition) is 0. The summed E-state index contributed by atoms with van der Waals surface area (Å²) in [5, 5.41) is 10.9. The van der Waals surface area contributed by atoms with Crippen molar-refractivity contribution in [2.75, 3.05) is 27.3 Å². The van der Waals surface area contributed by atoms with E-state index >= 15 is 0 Å². The lowest BCUT2D eigenvalue weighted by Crippen LogP contribution is -2.36. The van der Waals surface area contributed by atoms with E-state index in [1.54, 1.807) is 25.6 Å². The lowest BCUT2D eigenvalue weighted by molar-refractivity contribution is 0.211. The van der Waals surface area contributed by atoms with Gasteiger partial charge in [-0.05, 0) is 60.5 Å². The second-order valence-electron chi connectivity index (χ2n) is 6.23. The largest absolute Gasteiger partial charge is 0.493 e. The summed E-state index contributed by atoms with van der Waals surface area (Å²) < 4.78 is 11.0. The van der Waals surface area contributed by atoms with Gasteiger partial charge in [-0.15, -0.1) is 11.3 Å². The molecular weight excluding hydrogens is 332 g/mol. The maximum absolute atomic E-state index is 8.75. The van der Waals surface area contributed by atoms with Crippen LogP contribution in [-0.4, -0.2) is 32.2 Å². The van der Waals surface area contributed by atoms with Crippen LogP contribution in [0.25, 0.3) is 0 Å². The smallest absolute Gasteiger partial charge is 0.161 e. The molecule has 0 radical (unpaired) electrons. The topological polar surface area (TPSA) is 45.5 Å². The molecule has 1 unspecified atom stereocenters. The minimum atomic E-state index is 0.255. The molecule has 1 aromatic heterocycles. The average Bonchev–Trinajstić information content (AvgIpc) is 3.17.